The molecule has 0 aliphatic heterocycles. The lowest BCUT2D eigenvalue weighted by atomic mass is 9.96. The molecule has 4 nitrogen and oxygen atoms in total. The van der Waals surface area contributed by atoms with Crippen LogP contribution < -0.4 is 0 Å². The molecule has 2 heterocycles. The monoisotopic (exact) mass is 442 g/mol. The van der Waals surface area contributed by atoms with Crippen LogP contribution in [0.1, 0.15) is 21.6 Å². The number of halogens is 3. The van der Waals surface area contributed by atoms with Gasteiger partial charge in [-0.1, -0.05) is 41.4 Å². The molecule has 0 aliphatic carbocycles. The van der Waals surface area contributed by atoms with E-state index in [4.69, 9.17) is 27.9 Å². The number of hydrogen-bond donors (Lipinski definition) is 0. The standard InChI is InChI=1S/C23H17Cl2FN2O2/c1-13-20(23(29)30-2)21(14-3-6-16(24)7-4-14)18-9-10-28(22(18)27-13)12-15-5-8-17(26)11-19(15)25/h3-11H,12H2,1-2H3. The zero-order valence-corrected chi connectivity index (χ0v) is 17.8. The number of pyridine rings is 1. The first-order valence-electron chi connectivity index (χ1n) is 9.16. The van der Waals surface area contributed by atoms with E-state index < -0.39 is 5.97 Å². The minimum atomic E-state index is -0.457. The highest BCUT2D eigenvalue weighted by Gasteiger charge is 2.22. The van der Waals surface area contributed by atoms with E-state index >= 15 is 0 Å². The summed E-state index contributed by atoms with van der Waals surface area (Å²) >= 11 is 12.3. The van der Waals surface area contributed by atoms with Crippen molar-refractivity contribution in [1.29, 1.82) is 0 Å². The van der Waals surface area contributed by atoms with Gasteiger partial charge in [0.2, 0.25) is 0 Å². The van der Waals surface area contributed by atoms with Gasteiger partial charge in [-0.2, -0.15) is 0 Å². The average Bonchev–Trinajstić information content (AvgIpc) is 3.11. The Labute approximate surface area is 182 Å². The molecule has 7 heteroatoms. The van der Waals surface area contributed by atoms with Crippen LogP contribution in [-0.4, -0.2) is 22.6 Å². The molecule has 0 N–H and O–H groups in total. The fourth-order valence-electron chi connectivity index (χ4n) is 3.54. The third-order valence-corrected chi connectivity index (χ3v) is 5.57. The van der Waals surface area contributed by atoms with Gasteiger partial charge in [0, 0.05) is 27.2 Å². The van der Waals surface area contributed by atoms with Crippen molar-refractivity contribution in [2.45, 2.75) is 13.5 Å². The highest BCUT2D eigenvalue weighted by Crippen LogP contribution is 2.35. The van der Waals surface area contributed by atoms with Crippen LogP contribution in [0.4, 0.5) is 4.39 Å². The molecular formula is C23H17Cl2FN2O2. The van der Waals surface area contributed by atoms with E-state index in [1.54, 1.807) is 25.1 Å². The molecule has 4 rings (SSSR count). The van der Waals surface area contributed by atoms with Crippen LogP contribution in [0.3, 0.4) is 0 Å². The predicted molar refractivity (Wildman–Crippen MR) is 117 cm³/mol. The summed E-state index contributed by atoms with van der Waals surface area (Å²) in [5, 5.41) is 1.74. The molecule has 0 fully saturated rings. The van der Waals surface area contributed by atoms with Gasteiger partial charge < -0.3 is 9.30 Å². The number of aryl methyl sites for hydroxylation is 1. The van der Waals surface area contributed by atoms with Crippen molar-refractivity contribution < 1.29 is 13.9 Å². The minimum absolute atomic E-state index is 0.345. The van der Waals surface area contributed by atoms with Crippen molar-refractivity contribution in [3.8, 4) is 11.1 Å². The fraction of sp³-hybridized carbons (Fsp3) is 0.130. The van der Waals surface area contributed by atoms with Crippen LogP contribution in [0.15, 0.2) is 54.7 Å². The number of aromatic nitrogens is 2. The zero-order chi connectivity index (χ0) is 21.4. The number of carbonyl (C=O) groups is 1. The van der Waals surface area contributed by atoms with Crippen molar-refractivity contribution in [2.75, 3.05) is 7.11 Å². The molecule has 0 saturated heterocycles. The molecule has 30 heavy (non-hydrogen) atoms. The van der Waals surface area contributed by atoms with Gasteiger partial charge in [0.1, 0.15) is 11.5 Å². The van der Waals surface area contributed by atoms with Crippen LogP contribution in [0, 0.1) is 12.7 Å². The summed E-state index contributed by atoms with van der Waals surface area (Å²) in [6.07, 6.45) is 1.87. The van der Waals surface area contributed by atoms with Crippen LogP contribution in [-0.2, 0) is 11.3 Å². The van der Waals surface area contributed by atoms with Crippen LogP contribution in [0.2, 0.25) is 10.0 Å². The van der Waals surface area contributed by atoms with Crippen molar-refractivity contribution >= 4 is 40.2 Å². The Balaban J connectivity index is 1.93. The van der Waals surface area contributed by atoms with Crippen molar-refractivity contribution in [3.05, 3.63) is 87.4 Å². The topological polar surface area (TPSA) is 44.1 Å². The Hall–Kier alpha value is -2.89. The Bertz CT molecular complexity index is 1270. The highest BCUT2D eigenvalue weighted by molar-refractivity contribution is 6.31. The molecule has 0 saturated carbocycles. The maximum atomic E-state index is 13.4. The summed E-state index contributed by atoms with van der Waals surface area (Å²) in [4.78, 5) is 17.2. The van der Waals surface area contributed by atoms with Crippen LogP contribution >= 0.6 is 23.2 Å². The lowest BCUT2D eigenvalue weighted by molar-refractivity contribution is 0.0600. The quantitative estimate of drug-likeness (QED) is 0.348. The minimum Gasteiger partial charge on any atom is -0.465 e. The molecule has 4 aromatic rings. The first-order valence-corrected chi connectivity index (χ1v) is 9.92. The molecule has 0 amide bonds. The smallest absolute Gasteiger partial charge is 0.340 e. The van der Waals surface area contributed by atoms with Gasteiger partial charge in [0.15, 0.2) is 0 Å². The molecule has 0 spiro atoms. The lowest BCUT2D eigenvalue weighted by Crippen LogP contribution is -2.09. The van der Waals surface area contributed by atoms with E-state index in [-0.39, 0.29) is 5.82 Å². The second-order valence-corrected chi connectivity index (χ2v) is 7.71. The van der Waals surface area contributed by atoms with E-state index in [1.165, 1.54) is 19.2 Å². The number of rotatable bonds is 4. The molecule has 0 aliphatic rings. The molecule has 0 radical (unpaired) electrons. The Morgan fingerprint density at radius 2 is 1.87 bits per heavy atom. The Morgan fingerprint density at radius 3 is 2.53 bits per heavy atom. The summed E-state index contributed by atoms with van der Waals surface area (Å²) in [5.41, 5.74) is 3.96. The Kier molecular flexibility index (Phi) is 5.50. The maximum absolute atomic E-state index is 13.4. The molecule has 2 aromatic carbocycles. The first-order chi connectivity index (χ1) is 14.4. The fourth-order valence-corrected chi connectivity index (χ4v) is 3.90. The largest absolute Gasteiger partial charge is 0.465 e. The van der Waals surface area contributed by atoms with Gasteiger partial charge in [0.25, 0.3) is 0 Å². The summed E-state index contributed by atoms with van der Waals surface area (Å²) in [6.45, 7) is 2.18. The van der Waals surface area contributed by atoms with E-state index in [0.29, 0.717) is 33.5 Å². The Morgan fingerprint density at radius 1 is 1.13 bits per heavy atom. The normalized spacial score (nSPS) is 11.1. The number of carbonyl (C=O) groups excluding carboxylic acids is 1. The van der Waals surface area contributed by atoms with E-state index in [2.05, 4.69) is 4.98 Å². The van der Waals surface area contributed by atoms with Crippen molar-refractivity contribution in [1.82, 2.24) is 9.55 Å². The number of hydrogen-bond acceptors (Lipinski definition) is 3. The molecular weight excluding hydrogens is 426 g/mol. The zero-order valence-electron chi connectivity index (χ0n) is 16.2. The molecule has 152 valence electrons. The highest BCUT2D eigenvalue weighted by atomic mass is 35.5. The summed E-state index contributed by atoms with van der Waals surface area (Å²) in [6, 6.07) is 13.5. The SMILES string of the molecule is COC(=O)c1c(C)nc2c(ccn2Cc2ccc(F)cc2Cl)c1-c1ccc(Cl)cc1. The van der Waals surface area contributed by atoms with Crippen molar-refractivity contribution in [3.63, 3.8) is 0 Å². The summed E-state index contributed by atoms with van der Waals surface area (Å²) in [7, 11) is 1.35. The predicted octanol–water partition coefficient (Wildman–Crippen LogP) is 6.29. The number of ether oxygens (including phenoxy) is 1. The number of methoxy groups -OCH3 is 1. The van der Waals surface area contributed by atoms with Crippen LogP contribution in [0.25, 0.3) is 22.2 Å². The number of benzene rings is 2. The van der Waals surface area contributed by atoms with Gasteiger partial charge in [0.05, 0.1) is 24.9 Å². The molecule has 2 aromatic heterocycles. The van der Waals surface area contributed by atoms with Gasteiger partial charge >= 0.3 is 5.97 Å². The van der Waals surface area contributed by atoms with Crippen molar-refractivity contribution in [2.24, 2.45) is 0 Å². The van der Waals surface area contributed by atoms with Gasteiger partial charge in [-0.25, -0.2) is 14.2 Å². The van der Waals surface area contributed by atoms with E-state index in [0.717, 1.165) is 22.1 Å². The number of esters is 1. The van der Waals surface area contributed by atoms with E-state index in [1.807, 2.05) is 29.0 Å². The second-order valence-electron chi connectivity index (χ2n) is 6.86. The molecule has 0 unspecified atom stereocenters. The molecule has 0 atom stereocenters. The lowest BCUT2D eigenvalue weighted by Gasteiger charge is -2.14. The molecule has 0 bridgehead atoms. The van der Waals surface area contributed by atoms with E-state index in [9.17, 15) is 9.18 Å². The van der Waals surface area contributed by atoms with Gasteiger partial charge in [-0.15, -0.1) is 0 Å². The summed E-state index contributed by atoms with van der Waals surface area (Å²) < 4.78 is 20.3. The first kappa shape index (κ1) is 20.4. The number of nitrogens with zero attached hydrogens (tertiary/aromatic N) is 2. The van der Waals surface area contributed by atoms with Crippen LogP contribution in [0.5, 0.6) is 0 Å². The summed E-state index contributed by atoms with van der Waals surface area (Å²) in [5.74, 6) is -0.844. The maximum Gasteiger partial charge on any atom is 0.340 e. The van der Waals surface area contributed by atoms with Gasteiger partial charge in [-0.05, 0) is 48.4 Å². The third kappa shape index (κ3) is 3.66. The second kappa shape index (κ2) is 8.09. The average molecular weight is 443 g/mol. The third-order valence-electron chi connectivity index (χ3n) is 4.97. The van der Waals surface area contributed by atoms with Gasteiger partial charge in [-0.3, -0.25) is 0 Å². The number of fused-ring (bicyclic) bond motifs is 1.